The number of hydrogen-bond donors (Lipinski definition) is 0. The van der Waals surface area contributed by atoms with Crippen LogP contribution in [0.15, 0.2) is 18.2 Å². The molecule has 0 saturated carbocycles. The molecule has 0 aliphatic heterocycles. The molecular weight excluding hydrogens is 220 g/mol. The Morgan fingerprint density at radius 3 is 2.38 bits per heavy atom. The molecule has 0 amide bonds. The standard InChI is InChI=1S/C12H17ClO.C2H6/c1-9(2)6-7-14-11-5-4-10(3)12(13)8-11;1-2/h4-5,8-9H,6-7H2,1-3H3;1-2H3. The first kappa shape index (κ1) is 15.3. The molecule has 0 saturated heterocycles. The van der Waals surface area contributed by atoms with E-state index in [0.717, 1.165) is 29.4 Å². The lowest BCUT2D eigenvalue weighted by atomic mass is 10.1. The van der Waals surface area contributed by atoms with Gasteiger partial charge in [0.05, 0.1) is 6.61 Å². The summed E-state index contributed by atoms with van der Waals surface area (Å²) in [5.41, 5.74) is 1.09. The molecule has 0 N–H and O–H groups in total. The van der Waals surface area contributed by atoms with Crippen LogP contribution in [0.25, 0.3) is 0 Å². The van der Waals surface area contributed by atoms with E-state index in [9.17, 15) is 0 Å². The molecule has 0 radical (unpaired) electrons. The van der Waals surface area contributed by atoms with Gasteiger partial charge in [0.15, 0.2) is 0 Å². The predicted octanol–water partition coefficient (Wildman–Crippen LogP) is 5.10. The first-order valence-electron chi connectivity index (χ1n) is 5.98. The fourth-order valence-corrected chi connectivity index (χ4v) is 1.25. The molecule has 0 spiro atoms. The van der Waals surface area contributed by atoms with Crippen LogP contribution in [0.5, 0.6) is 5.75 Å². The van der Waals surface area contributed by atoms with Gasteiger partial charge in [-0.25, -0.2) is 0 Å². The number of benzene rings is 1. The van der Waals surface area contributed by atoms with Crippen molar-refractivity contribution in [3.63, 3.8) is 0 Å². The number of hydrogen-bond acceptors (Lipinski definition) is 1. The molecule has 1 nitrogen and oxygen atoms in total. The van der Waals surface area contributed by atoms with Crippen LogP contribution in [0.1, 0.15) is 39.7 Å². The van der Waals surface area contributed by atoms with E-state index in [0.29, 0.717) is 5.92 Å². The Balaban J connectivity index is 0.00000106. The van der Waals surface area contributed by atoms with Crippen LogP contribution in [0.2, 0.25) is 5.02 Å². The van der Waals surface area contributed by atoms with Gasteiger partial charge in [-0.3, -0.25) is 0 Å². The van der Waals surface area contributed by atoms with E-state index in [2.05, 4.69) is 13.8 Å². The molecule has 92 valence electrons. The molecule has 1 aromatic carbocycles. The fourth-order valence-electron chi connectivity index (χ4n) is 1.08. The molecule has 0 unspecified atom stereocenters. The maximum Gasteiger partial charge on any atom is 0.120 e. The van der Waals surface area contributed by atoms with Gasteiger partial charge >= 0.3 is 0 Å². The highest BCUT2D eigenvalue weighted by atomic mass is 35.5. The summed E-state index contributed by atoms with van der Waals surface area (Å²) in [6, 6.07) is 5.81. The summed E-state index contributed by atoms with van der Waals surface area (Å²) in [7, 11) is 0. The molecule has 1 rings (SSSR count). The summed E-state index contributed by atoms with van der Waals surface area (Å²) < 4.78 is 5.57. The van der Waals surface area contributed by atoms with Gasteiger partial charge in [0.25, 0.3) is 0 Å². The highest BCUT2D eigenvalue weighted by Gasteiger charge is 1.99. The Hall–Kier alpha value is -0.690. The smallest absolute Gasteiger partial charge is 0.120 e. The topological polar surface area (TPSA) is 9.23 Å². The van der Waals surface area contributed by atoms with Crippen LogP contribution in [-0.4, -0.2) is 6.61 Å². The molecule has 0 fully saturated rings. The molecule has 0 heterocycles. The van der Waals surface area contributed by atoms with Crippen LogP contribution < -0.4 is 4.74 Å². The van der Waals surface area contributed by atoms with Gasteiger partial charge in [0, 0.05) is 5.02 Å². The Kier molecular flexibility index (Phi) is 8.10. The highest BCUT2D eigenvalue weighted by molar-refractivity contribution is 6.31. The van der Waals surface area contributed by atoms with Crippen LogP contribution in [0, 0.1) is 12.8 Å². The fraction of sp³-hybridized carbons (Fsp3) is 0.571. The molecule has 0 aromatic heterocycles. The second-order valence-electron chi connectivity index (χ2n) is 3.94. The number of ether oxygens (including phenoxy) is 1. The van der Waals surface area contributed by atoms with Crippen molar-refractivity contribution < 1.29 is 4.74 Å². The third-order valence-electron chi connectivity index (χ3n) is 2.11. The lowest BCUT2D eigenvalue weighted by molar-refractivity contribution is 0.289. The molecule has 1 aromatic rings. The molecule has 0 atom stereocenters. The summed E-state index contributed by atoms with van der Waals surface area (Å²) in [6.07, 6.45) is 1.07. The zero-order chi connectivity index (χ0) is 12.6. The number of halogens is 1. The van der Waals surface area contributed by atoms with Gasteiger partial charge in [0.2, 0.25) is 0 Å². The Bertz CT molecular complexity index is 295. The van der Waals surface area contributed by atoms with E-state index in [1.807, 2.05) is 39.0 Å². The van der Waals surface area contributed by atoms with Crippen molar-refractivity contribution in [2.75, 3.05) is 6.61 Å². The van der Waals surface area contributed by atoms with Crippen molar-refractivity contribution in [3.05, 3.63) is 28.8 Å². The molecule has 0 aliphatic carbocycles. The van der Waals surface area contributed by atoms with Gasteiger partial charge in [0.1, 0.15) is 5.75 Å². The predicted molar refractivity (Wildman–Crippen MR) is 72.5 cm³/mol. The second-order valence-corrected chi connectivity index (χ2v) is 4.35. The zero-order valence-electron chi connectivity index (χ0n) is 11.0. The SMILES string of the molecule is CC.Cc1ccc(OCCC(C)C)cc1Cl. The normalized spacial score (nSPS) is 9.69. The molecule has 2 heteroatoms. The van der Waals surface area contributed by atoms with Crippen LogP contribution >= 0.6 is 11.6 Å². The van der Waals surface area contributed by atoms with Crippen LogP contribution in [0.3, 0.4) is 0 Å². The highest BCUT2D eigenvalue weighted by Crippen LogP contribution is 2.21. The maximum absolute atomic E-state index is 5.98. The third kappa shape index (κ3) is 6.02. The van der Waals surface area contributed by atoms with Gasteiger partial charge in [-0.2, -0.15) is 0 Å². The summed E-state index contributed by atoms with van der Waals surface area (Å²) in [4.78, 5) is 0. The minimum Gasteiger partial charge on any atom is -0.494 e. The van der Waals surface area contributed by atoms with Gasteiger partial charge in [-0.1, -0.05) is 45.4 Å². The molecule has 0 bridgehead atoms. The molecule has 0 aliphatic rings. The van der Waals surface area contributed by atoms with Gasteiger partial charge < -0.3 is 4.74 Å². The van der Waals surface area contributed by atoms with Crippen molar-refractivity contribution in [2.24, 2.45) is 5.92 Å². The van der Waals surface area contributed by atoms with Gasteiger partial charge in [-0.15, -0.1) is 0 Å². The first-order valence-corrected chi connectivity index (χ1v) is 6.36. The number of rotatable bonds is 4. The third-order valence-corrected chi connectivity index (χ3v) is 2.51. The van der Waals surface area contributed by atoms with E-state index in [4.69, 9.17) is 16.3 Å². The Labute approximate surface area is 105 Å². The summed E-state index contributed by atoms with van der Waals surface area (Å²) >= 11 is 5.98. The quantitative estimate of drug-likeness (QED) is 0.714. The Morgan fingerprint density at radius 2 is 1.88 bits per heavy atom. The van der Waals surface area contributed by atoms with Crippen molar-refractivity contribution in [3.8, 4) is 5.75 Å². The average Bonchev–Trinajstić information content (AvgIpc) is 2.26. The zero-order valence-corrected chi connectivity index (χ0v) is 11.8. The van der Waals surface area contributed by atoms with Crippen molar-refractivity contribution in [1.82, 2.24) is 0 Å². The monoisotopic (exact) mass is 242 g/mol. The number of aryl methyl sites for hydroxylation is 1. The van der Waals surface area contributed by atoms with Crippen molar-refractivity contribution >= 4 is 11.6 Å². The lowest BCUT2D eigenvalue weighted by Gasteiger charge is -2.08. The largest absolute Gasteiger partial charge is 0.494 e. The summed E-state index contributed by atoms with van der Waals surface area (Å²) in [5, 5.41) is 0.770. The molecular formula is C14H23ClO. The van der Waals surface area contributed by atoms with Crippen molar-refractivity contribution in [2.45, 2.75) is 41.0 Å². The van der Waals surface area contributed by atoms with Crippen molar-refractivity contribution in [1.29, 1.82) is 0 Å². The summed E-state index contributed by atoms with van der Waals surface area (Å²) in [6.45, 7) is 11.1. The first-order chi connectivity index (χ1) is 7.59. The average molecular weight is 243 g/mol. The van der Waals surface area contributed by atoms with Gasteiger partial charge in [-0.05, 0) is 37.0 Å². The second kappa shape index (κ2) is 8.46. The summed E-state index contributed by atoms with van der Waals surface area (Å²) in [5.74, 6) is 1.54. The van der Waals surface area contributed by atoms with E-state index < -0.39 is 0 Å². The maximum atomic E-state index is 5.98. The van der Waals surface area contributed by atoms with E-state index in [-0.39, 0.29) is 0 Å². The van der Waals surface area contributed by atoms with Crippen LogP contribution in [-0.2, 0) is 0 Å². The Morgan fingerprint density at radius 1 is 1.25 bits per heavy atom. The van der Waals surface area contributed by atoms with Crippen LogP contribution in [0.4, 0.5) is 0 Å². The van der Waals surface area contributed by atoms with E-state index in [1.54, 1.807) is 0 Å². The lowest BCUT2D eigenvalue weighted by Crippen LogP contribution is -2.01. The molecule has 16 heavy (non-hydrogen) atoms. The van der Waals surface area contributed by atoms with E-state index in [1.165, 1.54) is 0 Å². The minimum atomic E-state index is 0.677. The van der Waals surface area contributed by atoms with E-state index >= 15 is 0 Å². The minimum absolute atomic E-state index is 0.677.